The van der Waals surface area contributed by atoms with Crippen molar-refractivity contribution in [2.24, 2.45) is 0 Å². The zero-order valence-electron chi connectivity index (χ0n) is 12.4. The van der Waals surface area contributed by atoms with E-state index in [0.717, 1.165) is 0 Å². The molecular formula is C12H19N7O2. The van der Waals surface area contributed by atoms with Gasteiger partial charge in [-0.05, 0) is 23.8 Å². The first-order chi connectivity index (χ1) is 10.1. The molecule has 0 fully saturated rings. The highest BCUT2D eigenvalue weighted by Gasteiger charge is 2.17. The summed E-state index contributed by atoms with van der Waals surface area (Å²) in [5, 5.41) is 17.5. The summed E-state index contributed by atoms with van der Waals surface area (Å²) >= 11 is 0. The smallest absolute Gasteiger partial charge is 0.248 e. The van der Waals surface area contributed by atoms with E-state index in [1.807, 2.05) is 20.8 Å². The van der Waals surface area contributed by atoms with Crippen molar-refractivity contribution in [3.8, 4) is 0 Å². The second kappa shape index (κ2) is 6.91. The zero-order chi connectivity index (χ0) is 15.2. The molecule has 9 heteroatoms. The number of carbonyl (C=O) groups is 1. The molecule has 9 nitrogen and oxygen atoms in total. The minimum absolute atomic E-state index is 0.0696. The number of hydrogen-bond acceptors (Lipinski definition) is 7. The summed E-state index contributed by atoms with van der Waals surface area (Å²) in [4.78, 5) is 16.1. The third kappa shape index (κ3) is 4.33. The summed E-state index contributed by atoms with van der Waals surface area (Å²) in [6.45, 7) is 6.39. The lowest BCUT2D eigenvalue weighted by atomic mass is 10.2. The van der Waals surface area contributed by atoms with Crippen LogP contribution in [-0.4, -0.2) is 36.3 Å². The predicted octanol–water partition coefficient (Wildman–Crippen LogP) is 0.837. The first-order valence-electron chi connectivity index (χ1n) is 6.90. The summed E-state index contributed by atoms with van der Waals surface area (Å²) in [6, 6.07) is -0.300. The van der Waals surface area contributed by atoms with Crippen molar-refractivity contribution in [2.75, 3.05) is 0 Å². The van der Waals surface area contributed by atoms with E-state index in [-0.39, 0.29) is 17.9 Å². The number of rotatable bonds is 7. The van der Waals surface area contributed by atoms with E-state index in [2.05, 4.69) is 31.0 Å². The molecule has 0 aromatic carbocycles. The number of carbonyl (C=O) groups excluding carboxylic acids is 1. The van der Waals surface area contributed by atoms with E-state index < -0.39 is 0 Å². The van der Waals surface area contributed by atoms with Crippen molar-refractivity contribution in [3.63, 3.8) is 0 Å². The van der Waals surface area contributed by atoms with E-state index in [1.165, 1.54) is 6.33 Å². The number of aryl methyl sites for hydroxylation is 1. The minimum Gasteiger partial charge on any atom is -0.345 e. The van der Waals surface area contributed by atoms with E-state index in [1.54, 1.807) is 4.68 Å². The lowest BCUT2D eigenvalue weighted by molar-refractivity contribution is -0.122. The maximum absolute atomic E-state index is 11.8. The van der Waals surface area contributed by atoms with Gasteiger partial charge in [0.15, 0.2) is 5.82 Å². The Balaban J connectivity index is 1.75. The molecule has 0 aliphatic rings. The van der Waals surface area contributed by atoms with Crippen molar-refractivity contribution in [1.29, 1.82) is 0 Å². The van der Waals surface area contributed by atoms with E-state index in [9.17, 15) is 4.79 Å². The molecule has 2 aromatic heterocycles. The van der Waals surface area contributed by atoms with Gasteiger partial charge in [-0.2, -0.15) is 4.98 Å². The van der Waals surface area contributed by atoms with Gasteiger partial charge >= 0.3 is 0 Å². The van der Waals surface area contributed by atoms with Gasteiger partial charge < -0.3 is 9.84 Å². The summed E-state index contributed by atoms with van der Waals surface area (Å²) in [6.07, 6.45) is 2.56. The highest BCUT2D eigenvalue weighted by atomic mass is 16.5. The van der Waals surface area contributed by atoms with Gasteiger partial charge in [-0.3, -0.25) is 4.79 Å². The highest BCUT2D eigenvalue weighted by molar-refractivity contribution is 5.76. The van der Waals surface area contributed by atoms with Crippen LogP contribution in [0, 0.1) is 0 Å². The van der Waals surface area contributed by atoms with Crippen molar-refractivity contribution in [1.82, 2.24) is 35.7 Å². The van der Waals surface area contributed by atoms with Gasteiger partial charge in [0.05, 0.1) is 0 Å². The topological polar surface area (TPSA) is 112 Å². The molecule has 21 heavy (non-hydrogen) atoms. The second-order valence-electron chi connectivity index (χ2n) is 5.11. The third-order valence-electron chi connectivity index (χ3n) is 2.90. The van der Waals surface area contributed by atoms with Crippen LogP contribution in [0.15, 0.2) is 10.9 Å². The molecule has 0 saturated carbocycles. The van der Waals surface area contributed by atoms with Crippen molar-refractivity contribution in [2.45, 2.75) is 52.1 Å². The van der Waals surface area contributed by atoms with Crippen molar-refractivity contribution in [3.05, 3.63) is 18.0 Å². The number of nitrogens with zero attached hydrogens (tertiary/aromatic N) is 6. The van der Waals surface area contributed by atoms with Gasteiger partial charge in [-0.25, -0.2) is 4.68 Å². The fourth-order valence-electron chi connectivity index (χ4n) is 1.72. The number of amides is 1. The number of nitrogens with one attached hydrogen (secondary N) is 1. The highest BCUT2D eigenvalue weighted by Crippen LogP contribution is 2.14. The van der Waals surface area contributed by atoms with Gasteiger partial charge in [0.2, 0.25) is 11.8 Å². The minimum atomic E-state index is -0.300. The fourth-order valence-corrected chi connectivity index (χ4v) is 1.72. The monoisotopic (exact) mass is 293 g/mol. The largest absolute Gasteiger partial charge is 0.345 e. The third-order valence-corrected chi connectivity index (χ3v) is 2.90. The molecule has 0 unspecified atom stereocenters. The van der Waals surface area contributed by atoms with Crippen LogP contribution in [0.2, 0.25) is 0 Å². The van der Waals surface area contributed by atoms with E-state index >= 15 is 0 Å². The molecule has 0 aliphatic carbocycles. The molecular weight excluding hydrogens is 274 g/mol. The Morgan fingerprint density at radius 3 is 2.86 bits per heavy atom. The average Bonchev–Trinajstić information content (AvgIpc) is 3.09. The summed E-state index contributed by atoms with van der Waals surface area (Å²) in [7, 11) is 0. The number of tetrazole rings is 1. The molecule has 0 aliphatic heterocycles. The van der Waals surface area contributed by atoms with Crippen LogP contribution in [0.25, 0.3) is 0 Å². The molecule has 1 N–H and O–H groups in total. The molecule has 0 radical (unpaired) electrons. The first kappa shape index (κ1) is 15.1. The Morgan fingerprint density at radius 2 is 2.24 bits per heavy atom. The number of hydrogen-bond donors (Lipinski definition) is 1. The Morgan fingerprint density at radius 1 is 1.43 bits per heavy atom. The zero-order valence-corrected chi connectivity index (χ0v) is 12.4. The molecule has 2 aromatic rings. The molecule has 1 atom stereocenters. The Labute approximate surface area is 122 Å². The van der Waals surface area contributed by atoms with E-state index in [4.69, 9.17) is 4.52 Å². The van der Waals surface area contributed by atoms with Crippen LogP contribution in [-0.2, 0) is 11.3 Å². The van der Waals surface area contributed by atoms with Gasteiger partial charge in [-0.1, -0.05) is 19.0 Å². The van der Waals surface area contributed by atoms with Crippen LogP contribution < -0.4 is 5.32 Å². The molecule has 1 amide bonds. The quantitative estimate of drug-likeness (QED) is 0.804. The molecule has 2 heterocycles. The summed E-state index contributed by atoms with van der Waals surface area (Å²) in [5.41, 5.74) is 0. The Bertz CT molecular complexity index is 564. The first-order valence-corrected chi connectivity index (χ1v) is 6.90. The summed E-state index contributed by atoms with van der Waals surface area (Å²) in [5.74, 6) is 1.19. The second-order valence-corrected chi connectivity index (χ2v) is 5.11. The normalized spacial score (nSPS) is 12.6. The molecule has 2 rings (SSSR count). The molecule has 114 valence electrons. The molecule has 0 saturated heterocycles. The standard InChI is InChI=1S/C12H19N7O2/c1-8(2)11-15-12(21-16-11)9(3)14-10(20)5-4-6-19-7-13-17-18-19/h7-9H,4-6H2,1-3H3,(H,14,20)/t9-/m1/s1. The lowest BCUT2D eigenvalue weighted by Gasteiger charge is -2.09. The maximum Gasteiger partial charge on any atom is 0.248 e. The van der Waals surface area contributed by atoms with Crippen LogP contribution in [0.5, 0.6) is 0 Å². The van der Waals surface area contributed by atoms with Crippen LogP contribution in [0.1, 0.15) is 57.3 Å². The van der Waals surface area contributed by atoms with Crippen LogP contribution >= 0.6 is 0 Å². The van der Waals surface area contributed by atoms with Crippen molar-refractivity contribution < 1.29 is 9.32 Å². The van der Waals surface area contributed by atoms with Gasteiger partial charge in [0.1, 0.15) is 12.4 Å². The van der Waals surface area contributed by atoms with Crippen LogP contribution in [0.3, 0.4) is 0 Å². The van der Waals surface area contributed by atoms with Gasteiger partial charge in [0, 0.05) is 18.9 Å². The molecule has 0 bridgehead atoms. The Kier molecular flexibility index (Phi) is 4.96. The SMILES string of the molecule is CC(C)c1noc([C@@H](C)NC(=O)CCCn2cnnn2)n1. The number of aromatic nitrogens is 6. The van der Waals surface area contributed by atoms with Crippen molar-refractivity contribution >= 4 is 5.91 Å². The predicted molar refractivity (Wildman–Crippen MR) is 72.0 cm³/mol. The van der Waals surface area contributed by atoms with Gasteiger partial charge in [0.25, 0.3) is 0 Å². The maximum atomic E-state index is 11.8. The van der Waals surface area contributed by atoms with Crippen LogP contribution in [0.4, 0.5) is 0 Å². The summed E-state index contributed by atoms with van der Waals surface area (Å²) < 4.78 is 6.73. The average molecular weight is 293 g/mol. The van der Waals surface area contributed by atoms with Gasteiger partial charge in [-0.15, -0.1) is 5.10 Å². The van der Waals surface area contributed by atoms with E-state index in [0.29, 0.717) is 31.1 Å². The molecule has 0 spiro atoms. The lowest BCUT2D eigenvalue weighted by Crippen LogP contribution is -2.26. The Hall–Kier alpha value is -2.32. The fraction of sp³-hybridized carbons (Fsp3) is 0.667.